The largest absolute Gasteiger partial charge is 0.494 e. The highest BCUT2D eigenvalue weighted by Gasteiger charge is 2.51. The molecule has 0 N–H and O–H groups in total. The number of piperidine rings is 1. The van der Waals surface area contributed by atoms with Crippen molar-refractivity contribution in [3.63, 3.8) is 0 Å². The maximum absolute atomic E-state index is 6.28. The third-order valence-corrected chi connectivity index (χ3v) is 6.55. The van der Waals surface area contributed by atoms with Gasteiger partial charge in [0, 0.05) is 24.9 Å². The number of ether oxygens (including phenoxy) is 2. The molecule has 1 aromatic rings. The van der Waals surface area contributed by atoms with Gasteiger partial charge in [0.15, 0.2) is 0 Å². The Morgan fingerprint density at radius 2 is 1.50 bits per heavy atom. The van der Waals surface area contributed by atoms with Crippen molar-refractivity contribution in [3.8, 4) is 5.75 Å². The standard InChI is InChI=1S/C20H30BNO4/c1-19(2)20(3,4)26-21(25-19)14-6-8-17(9-7-14)24-18-10-15-12-23-13-16(11-18)22(15)5/h6-9,15-16,18H,10-13H2,1-5H3/t15-,16+,18-. The smallest absolute Gasteiger partial charge is 0.490 e. The van der Waals surface area contributed by atoms with Gasteiger partial charge < -0.3 is 18.8 Å². The lowest BCUT2D eigenvalue weighted by Gasteiger charge is -2.46. The van der Waals surface area contributed by atoms with E-state index in [1.54, 1.807) is 0 Å². The molecule has 3 heterocycles. The van der Waals surface area contributed by atoms with E-state index < -0.39 is 0 Å². The second-order valence-corrected chi connectivity index (χ2v) is 8.88. The third-order valence-electron chi connectivity index (χ3n) is 6.55. The summed E-state index contributed by atoms with van der Waals surface area (Å²) < 4.78 is 24.2. The Kier molecular flexibility index (Phi) is 4.59. The van der Waals surface area contributed by atoms with E-state index in [2.05, 4.69) is 51.8 Å². The van der Waals surface area contributed by atoms with E-state index in [1.807, 2.05) is 12.1 Å². The number of benzene rings is 1. The van der Waals surface area contributed by atoms with Gasteiger partial charge in [0.05, 0.1) is 24.4 Å². The van der Waals surface area contributed by atoms with Gasteiger partial charge in [0.1, 0.15) is 11.9 Å². The number of morpholine rings is 1. The quantitative estimate of drug-likeness (QED) is 0.774. The molecule has 6 heteroatoms. The van der Waals surface area contributed by atoms with Gasteiger partial charge in [0.2, 0.25) is 0 Å². The van der Waals surface area contributed by atoms with Crippen molar-refractivity contribution in [1.29, 1.82) is 0 Å². The maximum atomic E-state index is 6.28. The minimum absolute atomic E-state index is 0.257. The topological polar surface area (TPSA) is 40.2 Å². The zero-order valence-corrected chi connectivity index (χ0v) is 16.5. The Hall–Kier alpha value is -1.08. The fourth-order valence-electron chi connectivity index (χ4n) is 4.02. The van der Waals surface area contributed by atoms with E-state index in [0.29, 0.717) is 12.1 Å². The Labute approximate surface area is 157 Å². The van der Waals surface area contributed by atoms with Crippen LogP contribution in [0.1, 0.15) is 40.5 Å². The second-order valence-electron chi connectivity index (χ2n) is 8.88. The van der Waals surface area contributed by atoms with Crippen LogP contribution in [0.3, 0.4) is 0 Å². The van der Waals surface area contributed by atoms with Crippen molar-refractivity contribution < 1.29 is 18.8 Å². The number of hydrogen-bond acceptors (Lipinski definition) is 5. The predicted octanol–water partition coefficient (Wildman–Crippen LogP) is 2.23. The molecule has 0 amide bonds. The van der Waals surface area contributed by atoms with E-state index >= 15 is 0 Å². The summed E-state index contributed by atoms with van der Waals surface area (Å²) in [7, 11) is 1.88. The van der Waals surface area contributed by atoms with Crippen LogP contribution in [0.2, 0.25) is 0 Å². The highest BCUT2D eigenvalue weighted by atomic mass is 16.7. The van der Waals surface area contributed by atoms with Crippen LogP contribution in [0.15, 0.2) is 24.3 Å². The van der Waals surface area contributed by atoms with Crippen LogP contribution in [0.25, 0.3) is 0 Å². The highest BCUT2D eigenvalue weighted by Crippen LogP contribution is 2.36. The molecule has 3 aliphatic rings. The molecule has 1 aromatic carbocycles. The molecular formula is C20H30BNO4. The van der Waals surface area contributed by atoms with E-state index in [0.717, 1.165) is 37.3 Å². The summed E-state index contributed by atoms with van der Waals surface area (Å²) in [5.41, 5.74) is 0.395. The van der Waals surface area contributed by atoms with Crippen molar-refractivity contribution in [2.24, 2.45) is 0 Å². The molecule has 0 aliphatic carbocycles. The molecule has 142 valence electrons. The van der Waals surface area contributed by atoms with Crippen LogP contribution in [-0.2, 0) is 14.0 Å². The minimum Gasteiger partial charge on any atom is -0.490 e. The van der Waals surface area contributed by atoms with Gasteiger partial charge in [-0.1, -0.05) is 12.1 Å². The van der Waals surface area contributed by atoms with Crippen molar-refractivity contribution in [2.45, 2.75) is 69.9 Å². The predicted molar refractivity (Wildman–Crippen MR) is 102 cm³/mol. The van der Waals surface area contributed by atoms with Gasteiger partial charge in [-0.2, -0.15) is 0 Å². The molecule has 0 saturated carbocycles. The van der Waals surface area contributed by atoms with Crippen molar-refractivity contribution >= 4 is 12.6 Å². The molecule has 0 spiro atoms. The van der Waals surface area contributed by atoms with E-state index in [-0.39, 0.29) is 24.4 Å². The summed E-state index contributed by atoms with van der Waals surface area (Å²) >= 11 is 0. The molecule has 0 radical (unpaired) electrons. The molecule has 0 unspecified atom stereocenters. The molecule has 26 heavy (non-hydrogen) atoms. The van der Waals surface area contributed by atoms with E-state index in [4.69, 9.17) is 18.8 Å². The number of nitrogens with zero attached hydrogens (tertiary/aromatic N) is 1. The zero-order valence-electron chi connectivity index (χ0n) is 16.5. The third kappa shape index (κ3) is 3.28. The van der Waals surface area contributed by atoms with Crippen LogP contribution in [0.5, 0.6) is 5.75 Å². The van der Waals surface area contributed by atoms with E-state index in [1.165, 1.54) is 0 Å². The van der Waals surface area contributed by atoms with Gasteiger partial charge >= 0.3 is 7.12 Å². The van der Waals surface area contributed by atoms with Crippen LogP contribution in [-0.4, -0.2) is 61.7 Å². The summed E-state index contributed by atoms with van der Waals surface area (Å²) in [5.74, 6) is 0.916. The van der Waals surface area contributed by atoms with Crippen molar-refractivity contribution in [2.75, 3.05) is 20.3 Å². The number of rotatable bonds is 3. The lowest BCUT2D eigenvalue weighted by Crippen LogP contribution is -2.57. The average molecular weight is 359 g/mol. The zero-order chi connectivity index (χ0) is 18.5. The summed E-state index contributed by atoms with van der Waals surface area (Å²) in [4.78, 5) is 2.45. The monoisotopic (exact) mass is 359 g/mol. The molecule has 0 aromatic heterocycles. The van der Waals surface area contributed by atoms with Crippen molar-refractivity contribution in [3.05, 3.63) is 24.3 Å². The van der Waals surface area contributed by atoms with Crippen LogP contribution >= 0.6 is 0 Å². The van der Waals surface area contributed by atoms with Crippen LogP contribution < -0.4 is 10.2 Å². The van der Waals surface area contributed by atoms with Crippen molar-refractivity contribution in [1.82, 2.24) is 4.90 Å². The summed E-state index contributed by atoms with van der Waals surface area (Å²) in [6.07, 6.45) is 2.30. The lowest BCUT2D eigenvalue weighted by atomic mass is 9.79. The SMILES string of the molecule is CN1[C@@H]2COC[C@H]1C[C@@H](Oc1ccc(B3OC(C)(C)C(C)(C)O3)cc1)C2. The van der Waals surface area contributed by atoms with Gasteiger partial charge in [0.25, 0.3) is 0 Å². The van der Waals surface area contributed by atoms with Gasteiger partial charge in [-0.15, -0.1) is 0 Å². The fraction of sp³-hybridized carbons (Fsp3) is 0.700. The molecule has 3 atom stereocenters. The van der Waals surface area contributed by atoms with Gasteiger partial charge in [-0.25, -0.2) is 0 Å². The number of fused-ring (bicyclic) bond motifs is 2. The molecular weight excluding hydrogens is 329 g/mol. The highest BCUT2D eigenvalue weighted by molar-refractivity contribution is 6.62. The van der Waals surface area contributed by atoms with Crippen LogP contribution in [0, 0.1) is 0 Å². The molecule has 3 fully saturated rings. The molecule has 4 rings (SSSR count). The van der Waals surface area contributed by atoms with E-state index in [9.17, 15) is 0 Å². The minimum atomic E-state index is -0.325. The Morgan fingerprint density at radius 3 is 2.04 bits per heavy atom. The van der Waals surface area contributed by atoms with Crippen LogP contribution in [0.4, 0.5) is 0 Å². The Balaban J connectivity index is 1.40. The van der Waals surface area contributed by atoms with Gasteiger partial charge in [-0.05, 0) is 52.3 Å². The number of hydrogen-bond donors (Lipinski definition) is 0. The Morgan fingerprint density at radius 1 is 0.962 bits per heavy atom. The lowest BCUT2D eigenvalue weighted by molar-refractivity contribution is -0.0879. The second kappa shape index (κ2) is 6.52. The number of likely N-dealkylation sites (N-methyl/N-ethyl adjacent to an activating group) is 1. The average Bonchev–Trinajstić information content (AvgIpc) is 2.77. The summed E-state index contributed by atoms with van der Waals surface area (Å²) in [5, 5.41) is 0. The van der Waals surface area contributed by atoms with Gasteiger partial charge in [-0.3, -0.25) is 4.90 Å². The summed E-state index contributed by atoms with van der Waals surface area (Å²) in [6.45, 7) is 9.92. The first kappa shape index (κ1) is 18.3. The maximum Gasteiger partial charge on any atom is 0.494 e. The molecule has 3 saturated heterocycles. The first-order valence-corrected chi connectivity index (χ1v) is 9.67. The molecule has 2 bridgehead atoms. The molecule has 3 aliphatic heterocycles. The summed E-state index contributed by atoms with van der Waals surface area (Å²) in [6, 6.07) is 9.11. The normalized spacial score (nSPS) is 33.3. The first-order valence-electron chi connectivity index (χ1n) is 9.67. The Bertz CT molecular complexity index is 618. The fourth-order valence-corrected chi connectivity index (χ4v) is 4.02. The first-order chi connectivity index (χ1) is 12.2. The molecule has 5 nitrogen and oxygen atoms in total.